The number of halogens is 1. The molecule has 28 heavy (non-hydrogen) atoms. The molecule has 2 N–H and O–H groups in total. The lowest BCUT2D eigenvalue weighted by atomic mass is 9.95. The lowest BCUT2D eigenvalue weighted by Crippen LogP contribution is -2.48. The Morgan fingerprint density at radius 3 is 2.68 bits per heavy atom. The maximum atomic E-state index is 12.2. The van der Waals surface area contributed by atoms with Gasteiger partial charge < -0.3 is 10.6 Å². The summed E-state index contributed by atoms with van der Waals surface area (Å²) in [6, 6.07) is 2.92. The van der Waals surface area contributed by atoms with E-state index >= 15 is 0 Å². The zero-order valence-corrected chi connectivity index (χ0v) is 21.6. The first-order valence-electron chi connectivity index (χ1n) is 10.2. The fourth-order valence-electron chi connectivity index (χ4n) is 3.92. The van der Waals surface area contributed by atoms with E-state index < -0.39 is 10.8 Å². The Labute approximate surface area is 194 Å². The second-order valence-corrected chi connectivity index (χ2v) is 9.83. The number of hydrogen-bond donors (Lipinski definition) is 2. The molecule has 0 radical (unpaired) electrons. The molecular weight excluding hydrogens is 503 g/mol. The zero-order chi connectivity index (χ0) is 19.6. The van der Waals surface area contributed by atoms with Gasteiger partial charge in [-0.25, -0.2) is 0 Å². The Balaban J connectivity index is 0.00000392. The van der Waals surface area contributed by atoms with Gasteiger partial charge in [-0.15, -0.1) is 24.0 Å². The molecule has 0 saturated heterocycles. The van der Waals surface area contributed by atoms with Crippen LogP contribution in [0.25, 0.3) is 0 Å². The van der Waals surface area contributed by atoms with Gasteiger partial charge in [-0.2, -0.15) is 11.3 Å². The van der Waals surface area contributed by atoms with Crippen molar-refractivity contribution < 1.29 is 4.21 Å². The molecule has 0 amide bonds. The highest BCUT2D eigenvalue weighted by atomic mass is 127. The lowest BCUT2D eigenvalue weighted by Gasteiger charge is -2.32. The first-order valence-corrected chi connectivity index (χ1v) is 12.6. The molecule has 162 valence electrons. The van der Waals surface area contributed by atoms with Crippen molar-refractivity contribution in [3.8, 4) is 0 Å². The molecule has 8 heteroatoms. The third-order valence-electron chi connectivity index (χ3n) is 5.49. The maximum Gasteiger partial charge on any atom is 0.191 e. The summed E-state index contributed by atoms with van der Waals surface area (Å²) in [7, 11) is 1.13. The molecule has 4 atom stereocenters. The van der Waals surface area contributed by atoms with Crippen molar-refractivity contribution in [2.24, 2.45) is 4.99 Å². The van der Waals surface area contributed by atoms with Crippen LogP contribution in [0.4, 0.5) is 0 Å². The summed E-state index contributed by atoms with van der Waals surface area (Å²) in [5.74, 6) is 1.62. The fourth-order valence-corrected chi connectivity index (χ4v) is 5.97. The van der Waals surface area contributed by atoms with Crippen LogP contribution in [-0.4, -0.2) is 58.8 Å². The van der Waals surface area contributed by atoms with E-state index in [4.69, 9.17) is 0 Å². The molecule has 1 aromatic rings. The van der Waals surface area contributed by atoms with Crippen molar-refractivity contribution in [3.05, 3.63) is 22.4 Å². The van der Waals surface area contributed by atoms with E-state index in [1.54, 1.807) is 11.3 Å². The Hall–Kier alpha value is -0.190. The molecule has 0 bridgehead atoms. The number of hydrogen-bond acceptors (Lipinski definition) is 4. The van der Waals surface area contributed by atoms with Crippen molar-refractivity contribution >= 4 is 52.1 Å². The minimum atomic E-state index is -0.697. The SMILES string of the molecule is CCN(CC)C(CNC(=NC)NC1CCCC(S(=O)CC)C1)c1ccsc1.I. The summed E-state index contributed by atoms with van der Waals surface area (Å²) in [5.41, 5.74) is 1.36. The van der Waals surface area contributed by atoms with Crippen molar-refractivity contribution in [2.75, 3.05) is 32.4 Å². The summed E-state index contributed by atoms with van der Waals surface area (Å²) < 4.78 is 12.2. The van der Waals surface area contributed by atoms with Gasteiger partial charge in [-0.1, -0.05) is 27.2 Å². The van der Waals surface area contributed by atoms with Crippen LogP contribution >= 0.6 is 35.3 Å². The number of rotatable bonds is 9. The quantitative estimate of drug-likeness (QED) is 0.283. The Kier molecular flexibility index (Phi) is 12.9. The van der Waals surface area contributed by atoms with Gasteiger partial charge in [0.15, 0.2) is 5.96 Å². The van der Waals surface area contributed by atoms with Gasteiger partial charge in [0.2, 0.25) is 0 Å². The molecule has 1 aromatic heterocycles. The number of aliphatic imine (C=N–C) groups is 1. The van der Waals surface area contributed by atoms with Crippen LogP contribution in [0.1, 0.15) is 58.1 Å². The van der Waals surface area contributed by atoms with Crippen LogP contribution in [0.3, 0.4) is 0 Å². The molecule has 1 aliphatic carbocycles. The molecule has 1 heterocycles. The second-order valence-electron chi connectivity index (χ2n) is 7.05. The molecule has 2 rings (SSSR count). The van der Waals surface area contributed by atoms with Gasteiger partial charge in [-0.3, -0.25) is 14.1 Å². The Morgan fingerprint density at radius 1 is 1.36 bits per heavy atom. The summed E-state index contributed by atoms with van der Waals surface area (Å²) in [5, 5.41) is 11.8. The van der Waals surface area contributed by atoms with Crippen LogP contribution in [0, 0.1) is 0 Å². The third kappa shape index (κ3) is 7.57. The first kappa shape index (κ1) is 25.8. The molecule has 5 nitrogen and oxygen atoms in total. The highest BCUT2D eigenvalue weighted by Crippen LogP contribution is 2.24. The van der Waals surface area contributed by atoms with E-state index in [2.05, 4.69) is 51.2 Å². The van der Waals surface area contributed by atoms with Gasteiger partial charge in [0.05, 0.1) is 6.04 Å². The van der Waals surface area contributed by atoms with Crippen molar-refractivity contribution in [2.45, 2.75) is 63.8 Å². The first-order chi connectivity index (χ1) is 13.1. The van der Waals surface area contributed by atoms with Gasteiger partial charge in [0.1, 0.15) is 0 Å². The monoisotopic (exact) mass is 540 g/mol. The molecule has 0 spiro atoms. The number of thiophene rings is 1. The predicted octanol–water partition coefficient (Wildman–Crippen LogP) is 3.99. The molecule has 1 saturated carbocycles. The Morgan fingerprint density at radius 2 is 2.11 bits per heavy atom. The summed E-state index contributed by atoms with van der Waals surface area (Å²) in [6.07, 6.45) is 4.34. The smallest absolute Gasteiger partial charge is 0.191 e. The highest BCUT2D eigenvalue weighted by molar-refractivity contribution is 14.0. The maximum absolute atomic E-state index is 12.2. The second kappa shape index (κ2) is 13.9. The Bertz CT molecular complexity index is 593. The summed E-state index contributed by atoms with van der Waals surface area (Å²) in [6.45, 7) is 9.33. The number of guanidine groups is 1. The van der Waals surface area contributed by atoms with Gasteiger partial charge in [0.25, 0.3) is 0 Å². The average Bonchev–Trinajstić information content (AvgIpc) is 3.24. The molecule has 0 aromatic carbocycles. The normalized spacial score (nSPS) is 22.4. The van der Waals surface area contributed by atoms with Crippen molar-refractivity contribution in [1.82, 2.24) is 15.5 Å². The molecule has 1 aliphatic rings. The van der Waals surface area contributed by atoms with Crippen LogP contribution < -0.4 is 10.6 Å². The van der Waals surface area contributed by atoms with E-state index in [-0.39, 0.29) is 24.0 Å². The third-order valence-corrected chi connectivity index (χ3v) is 7.93. The van der Waals surface area contributed by atoms with Gasteiger partial charge in [0, 0.05) is 41.4 Å². The fraction of sp³-hybridized carbons (Fsp3) is 0.750. The number of likely N-dealkylation sites (N-methyl/N-ethyl adjacent to an activating group) is 1. The van der Waals surface area contributed by atoms with Crippen LogP contribution in [0.2, 0.25) is 0 Å². The van der Waals surface area contributed by atoms with E-state index in [1.165, 1.54) is 5.56 Å². The van der Waals surface area contributed by atoms with E-state index in [0.29, 0.717) is 17.3 Å². The largest absolute Gasteiger partial charge is 0.354 e. The minimum absolute atomic E-state index is 0. The number of nitrogens with zero attached hydrogens (tertiary/aromatic N) is 2. The average molecular weight is 541 g/mol. The number of nitrogens with one attached hydrogen (secondary N) is 2. The minimum Gasteiger partial charge on any atom is -0.354 e. The van der Waals surface area contributed by atoms with E-state index in [0.717, 1.165) is 57.0 Å². The summed E-state index contributed by atoms with van der Waals surface area (Å²) in [4.78, 5) is 6.91. The molecule has 4 unspecified atom stereocenters. The van der Waals surface area contributed by atoms with Gasteiger partial charge in [-0.05, 0) is 54.7 Å². The van der Waals surface area contributed by atoms with Crippen molar-refractivity contribution in [3.63, 3.8) is 0 Å². The van der Waals surface area contributed by atoms with E-state index in [9.17, 15) is 4.21 Å². The predicted molar refractivity (Wildman–Crippen MR) is 135 cm³/mol. The zero-order valence-electron chi connectivity index (χ0n) is 17.6. The van der Waals surface area contributed by atoms with Gasteiger partial charge >= 0.3 is 0 Å². The molecular formula is C20H37IN4OS2. The van der Waals surface area contributed by atoms with Crippen LogP contribution in [0.5, 0.6) is 0 Å². The molecule has 0 aliphatic heterocycles. The van der Waals surface area contributed by atoms with Crippen LogP contribution in [-0.2, 0) is 10.8 Å². The lowest BCUT2D eigenvalue weighted by molar-refractivity contribution is 0.219. The molecule has 1 fully saturated rings. The van der Waals surface area contributed by atoms with Crippen LogP contribution in [0.15, 0.2) is 21.8 Å². The van der Waals surface area contributed by atoms with Crippen molar-refractivity contribution in [1.29, 1.82) is 0 Å². The van der Waals surface area contributed by atoms with E-state index in [1.807, 2.05) is 14.0 Å². The summed E-state index contributed by atoms with van der Waals surface area (Å²) >= 11 is 1.75. The topological polar surface area (TPSA) is 56.7 Å². The standard InChI is InChI=1S/C20H36N4OS2.HI/c1-5-24(6-2)19(16-11-12-26-15-16)14-22-20(21-4)23-17-9-8-10-18(13-17)27(25)7-3;/h11-12,15,17-19H,5-10,13-14H2,1-4H3,(H2,21,22,23);1H. The highest BCUT2D eigenvalue weighted by Gasteiger charge is 2.26.